The van der Waals surface area contributed by atoms with Crippen molar-refractivity contribution in [2.45, 2.75) is 17.7 Å². The quantitative estimate of drug-likeness (QED) is 0.753. The van der Waals surface area contributed by atoms with Crippen LogP contribution in [0.3, 0.4) is 0 Å². The molecule has 1 N–H and O–H groups in total. The first kappa shape index (κ1) is 19.0. The molecule has 1 aromatic carbocycles. The van der Waals surface area contributed by atoms with Gasteiger partial charge in [0.25, 0.3) is 5.91 Å². The van der Waals surface area contributed by atoms with Crippen molar-refractivity contribution in [2.75, 3.05) is 25.0 Å². The van der Waals surface area contributed by atoms with Gasteiger partial charge in [-0.2, -0.15) is 4.31 Å². The molecule has 3 rings (SSSR count). The molecule has 2 heterocycles. The maximum absolute atomic E-state index is 12.5. The molecular formula is C18H19N3O5S. The number of esters is 1. The van der Waals surface area contributed by atoms with Gasteiger partial charge < -0.3 is 10.1 Å². The Bertz CT molecular complexity index is 908. The van der Waals surface area contributed by atoms with E-state index in [-0.39, 0.29) is 10.5 Å². The van der Waals surface area contributed by atoms with Gasteiger partial charge in [0.05, 0.1) is 10.5 Å². The monoisotopic (exact) mass is 389 g/mol. The van der Waals surface area contributed by atoms with E-state index in [0.29, 0.717) is 18.8 Å². The molecule has 0 spiro atoms. The highest BCUT2D eigenvalue weighted by Gasteiger charge is 2.26. The molecule has 0 radical (unpaired) electrons. The van der Waals surface area contributed by atoms with Crippen molar-refractivity contribution in [1.29, 1.82) is 0 Å². The van der Waals surface area contributed by atoms with E-state index in [1.54, 1.807) is 6.07 Å². The van der Waals surface area contributed by atoms with Crippen molar-refractivity contribution in [3.05, 3.63) is 54.4 Å². The van der Waals surface area contributed by atoms with Crippen LogP contribution in [0.25, 0.3) is 0 Å². The third-order valence-corrected chi connectivity index (χ3v) is 5.99. The summed E-state index contributed by atoms with van der Waals surface area (Å²) in [7, 11) is -3.49. The van der Waals surface area contributed by atoms with Crippen LogP contribution in [0.2, 0.25) is 0 Å². The van der Waals surface area contributed by atoms with Crippen LogP contribution in [0.15, 0.2) is 53.7 Å². The lowest BCUT2D eigenvalue weighted by atomic mass is 10.3. The Morgan fingerprint density at radius 1 is 1.11 bits per heavy atom. The predicted octanol–water partition coefficient (Wildman–Crippen LogP) is 1.66. The van der Waals surface area contributed by atoms with E-state index in [0.717, 1.165) is 12.8 Å². The number of sulfonamides is 1. The standard InChI is InChI=1S/C18H19N3O5S/c22-17(13-26-18(23)14-4-3-9-19-12-14)20-15-5-7-16(8-6-15)27(24,25)21-10-1-2-11-21/h3-9,12H,1-2,10-11,13H2,(H,20,22). The van der Waals surface area contributed by atoms with E-state index >= 15 is 0 Å². The Morgan fingerprint density at radius 3 is 2.44 bits per heavy atom. The van der Waals surface area contributed by atoms with Crippen molar-refractivity contribution >= 4 is 27.6 Å². The number of anilines is 1. The van der Waals surface area contributed by atoms with Crippen LogP contribution in [0.5, 0.6) is 0 Å². The summed E-state index contributed by atoms with van der Waals surface area (Å²) in [4.78, 5) is 27.7. The van der Waals surface area contributed by atoms with Gasteiger partial charge in [-0.1, -0.05) is 0 Å². The maximum Gasteiger partial charge on any atom is 0.340 e. The summed E-state index contributed by atoms with van der Waals surface area (Å²) < 4.78 is 31.3. The molecule has 142 valence electrons. The van der Waals surface area contributed by atoms with E-state index in [2.05, 4.69) is 10.3 Å². The zero-order chi connectivity index (χ0) is 19.3. The summed E-state index contributed by atoms with van der Waals surface area (Å²) in [6, 6.07) is 9.03. The fourth-order valence-corrected chi connectivity index (χ4v) is 4.20. The van der Waals surface area contributed by atoms with Crippen LogP contribution >= 0.6 is 0 Å². The van der Waals surface area contributed by atoms with Crippen LogP contribution in [-0.2, 0) is 19.6 Å². The van der Waals surface area contributed by atoms with Gasteiger partial charge in [-0.25, -0.2) is 13.2 Å². The van der Waals surface area contributed by atoms with Crippen molar-refractivity contribution in [2.24, 2.45) is 0 Å². The molecule has 0 atom stereocenters. The number of nitrogens with zero attached hydrogens (tertiary/aromatic N) is 2. The highest BCUT2D eigenvalue weighted by Crippen LogP contribution is 2.22. The molecule has 9 heteroatoms. The Balaban J connectivity index is 1.55. The second-order valence-electron chi connectivity index (χ2n) is 6.00. The molecule has 1 fully saturated rings. The summed E-state index contributed by atoms with van der Waals surface area (Å²) in [6.45, 7) is 0.605. The first-order valence-corrected chi connectivity index (χ1v) is 9.88. The van der Waals surface area contributed by atoms with E-state index in [1.165, 1.54) is 47.0 Å². The number of pyridine rings is 1. The zero-order valence-corrected chi connectivity index (χ0v) is 15.3. The number of carbonyl (C=O) groups excluding carboxylic acids is 2. The first-order chi connectivity index (χ1) is 13.0. The molecule has 1 aromatic heterocycles. The molecular weight excluding hydrogens is 370 g/mol. The van der Waals surface area contributed by atoms with Gasteiger partial charge in [-0.3, -0.25) is 9.78 Å². The Morgan fingerprint density at radius 2 is 1.81 bits per heavy atom. The lowest BCUT2D eigenvalue weighted by molar-refractivity contribution is -0.119. The molecule has 1 saturated heterocycles. The summed E-state index contributed by atoms with van der Waals surface area (Å²) in [5, 5.41) is 2.56. The van der Waals surface area contributed by atoms with Crippen LogP contribution in [0.4, 0.5) is 5.69 Å². The summed E-state index contributed by atoms with van der Waals surface area (Å²) in [5.74, 6) is -1.17. The molecule has 0 saturated carbocycles. The topological polar surface area (TPSA) is 106 Å². The fourth-order valence-electron chi connectivity index (χ4n) is 2.68. The molecule has 8 nitrogen and oxygen atoms in total. The van der Waals surface area contributed by atoms with Gasteiger partial charge in [-0.15, -0.1) is 0 Å². The first-order valence-electron chi connectivity index (χ1n) is 8.44. The minimum absolute atomic E-state index is 0.186. The third-order valence-electron chi connectivity index (χ3n) is 4.07. The van der Waals surface area contributed by atoms with Crippen LogP contribution < -0.4 is 5.32 Å². The molecule has 1 aliphatic heterocycles. The van der Waals surface area contributed by atoms with Gasteiger partial charge in [-0.05, 0) is 49.2 Å². The number of hydrogen-bond donors (Lipinski definition) is 1. The molecule has 2 aromatic rings. The second kappa shape index (κ2) is 8.28. The molecule has 0 unspecified atom stereocenters. The Kier molecular flexibility index (Phi) is 5.82. The normalized spacial score (nSPS) is 14.7. The van der Waals surface area contributed by atoms with Crippen molar-refractivity contribution in [3.8, 4) is 0 Å². The van der Waals surface area contributed by atoms with Gasteiger partial charge in [0.1, 0.15) is 0 Å². The van der Waals surface area contributed by atoms with Crippen LogP contribution in [-0.4, -0.2) is 49.3 Å². The van der Waals surface area contributed by atoms with Crippen molar-refractivity contribution < 1.29 is 22.7 Å². The maximum atomic E-state index is 12.5. The number of hydrogen-bond acceptors (Lipinski definition) is 6. The predicted molar refractivity (Wildman–Crippen MR) is 97.6 cm³/mol. The van der Waals surface area contributed by atoms with Crippen LogP contribution in [0, 0.1) is 0 Å². The number of ether oxygens (including phenoxy) is 1. The molecule has 27 heavy (non-hydrogen) atoms. The smallest absolute Gasteiger partial charge is 0.340 e. The summed E-state index contributed by atoms with van der Waals surface area (Å²) in [6.07, 6.45) is 4.60. The second-order valence-corrected chi connectivity index (χ2v) is 7.94. The molecule has 1 amide bonds. The number of amides is 1. The lowest BCUT2D eigenvalue weighted by Gasteiger charge is -2.15. The zero-order valence-electron chi connectivity index (χ0n) is 14.5. The van der Waals surface area contributed by atoms with Crippen molar-refractivity contribution in [1.82, 2.24) is 9.29 Å². The highest BCUT2D eigenvalue weighted by atomic mass is 32.2. The number of carbonyl (C=O) groups is 2. The molecule has 1 aliphatic rings. The van der Waals surface area contributed by atoms with E-state index in [4.69, 9.17) is 4.74 Å². The minimum atomic E-state index is -3.49. The number of aromatic nitrogens is 1. The van der Waals surface area contributed by atoms with Gasteiger partial charge in [0, 0.05) is 31.2 Å². The fraction of sp³-hybridized carbons (Fsp3) is 0.278. The van der Waals surface area contributed by atoms with Gasteiger partial charge in [0.2, 0.25) is 10.0 Å². The van der Waals surface area contributed by atoms with E-state index in [9.17, 15) is 18.0 Å². The van der Waals surface area contributed by atoms with E-state index < -0.39 is 28.5 Å². The highest BCUT2D eigenvalue weighted by molar-refractivity contribution is 7.89. The van der Waals surface area contributed by atoms with Crippen molar-refractivity contribution in [3.63, 3.8) is 0 Å². The summed E-state index contributed by atoms with van der Waals surface area (Å²) in [5.41, 5.74) is 0.666. The average molecular weight is 389 g/mol. The third kappa shape index (κ3) is 4.69. The van der Waals surface area contributed by atoms with Gasteiger partial charge >= 0.3 is 5.97 Å². The molecule has 0 bridgehead atoms. The Hall–Kier alpha value is -2.78. The largest absolute Gasteiger partial charge is 0.452 e. The SMILES string of the molecule is O=C(COC(=O)c1cccnc1)Nc1ccc(S(=O)(=O)N2CCCC2)cc1. The number of nitrogens with one attached hydrogen (secondary N) is 1. The Labute approximate surface area is 157 Å². The number of benzene rings is 1. The summed E-state index contributed by atoms with van der Waals surface area (Å²) >= 11 is 0. The van der Waals surface area contributed by atoms with Gasteiger partial charge in [0.15, 0.2) is 6.61 Å². The van der Waals surface area contributed by atoms with Crippen LogP contribution in [0.1, 0.15) is 23.2 Å². The number of rotatable bonds is 6. The average Bonchev–Trinajstić information content (AvgIpc) is 3.23. The van der Waals surface area contributed by atoms with E-state index in [1.807, 2.05) is 0 Å². The minimum Gasteiger partial charge on any atom is -0.452 e. The lowest BCUT2D eigenvalue weighted by Crippen LogP contribution is -2.27. The molecule has 0 aliphatic carbocycles.